The number of benzene rings is 1. The predicted octanol–water partition coefficient (Wildman–Crippen LogP) is 2.42. The molecular formula is C19H24N4O3. The minimum Gasteiger partial charge on any atom is -0.445 e. The molecule has 0 radical (unpaired) electrons. The SMILES string of the molecule is CNC(=O)C1Cc2nc[nH]c2C(C(C)C)N1C(=O)OCc1ccccc1. The zero-order valence-electron chi connectivity index (χ0n) is 15.2. The Morgan fingerprint density at radius 2 is 2.08 bits per heavy atom. The number of hydrogen-bond acceptors (Lipinski definition) is 4. The van der Waals surface area contributed by atoms with Crippen molar-refractivity contribution in [3.05, 3.63) is 53.6 Å². The summed E-state index contributed by atoms with van der Waals surface area (Å²) in [5.41, 5.74) is 2.60. The fourth-order valence-corrected chi connectivity index (χ4v) is 3.44. The smallest absolute Gasteiger partial charge is 0.411 e. The summed E-state index contributed by atoms with van der Waals surface area (Å²) in [5, 5.41) is 2.65. The molecule has 1 aromatic carbocycles. The Balaban J connectivity index is 1.88. The van der Waals surface area contributed by atoms with Crippen LogP contribution in [0.4, 0.5) is 4.79 Å². The molecule has 138 valence electrons. The molecule has 2 heterocycles. The van der Waals surface area contributed by atoms with Gasteiger partial charge in [0.1, 0.15) is 12.6 Å². The number of carbonyl (C=O) groups is 2. The van der Waals surface area contributed by atoms with Crippen LogP contribution in [0.1, 0.15) is 36.8 Å². The van der Waals surface area contributed by atoms with Crippen LogP contribution in [0.5, 0.6) is 0 Å². The highest BCUT2D eigenvalue weighted by Crippen LogP contribution is 2.37. The summed E-state index contributed by atoms with van der Waals surface area (Å²) in [5.74, 6) is -0.133. The fourth-order valence-electron chi connectivity index (χ4n) is 3.44. The number of aromatic nitrogens is 2. The van der Waals surface area contributed by atoms with E-state index < -0.39 is 12.1 Å². The van der Waals surface area contributed by atoms with Gasteiger partial charge in [0.2, 0.25) is 5.91 Å². The number of nitrogens with one attached hydrogen (secondary N) is 2. The van der Waals surface area contributed by atoms with Gasteiger partial charge in [0, 0.05) is 13.5 Å². The highest BCUT2D eigenvalue weighted by molar-refractivity contribution is 5.86. The predicted molar refractivity (Wildman–Crippen MR) is 96.2 cm³/mol. The fraction of sp³-hybridized carbons (Fsp3) is 0.421. The Bertz CT molecular complexity index is 772. The van der Waals surface area contributed by atoms with Crippen molar-refractivity contribution in [2.75, 3.05) is 7.05 Å². The largest absolute Gasteiger partial charge is 0.445 e. The second-order valence-electron chi connectivity index (χ2n) is 6.73. The Hall–Kier alpha value is -2.83. The quantitative estimate of drug-likeness (QED) is 0.881. The summed E-state index contributed by atoms with van der Waals surface area (Å²) in [7, 11) is 1.57. The Labute approximate surface area is 152 Å². The number of carbonyl (C=O) groups excluding carboxylic acids is 2. The molecule has 2 N–H and O–H groups in total. The van der Waals surface area contributed by atoms with Crippen molar-refractivity contribution in [3.63, 3.8) is 0 Å². The molecule has 2 aromatic rings. The molecule has 1 aliphatic rings. The maximum atomic E-state index is 12.9. The van der Waals surface area contributed by atoms with Crippen LogP contribution in [-0.2, 0) is 22.6 Å². The first kappa shape index (κ1) is 18.0. The number of imidazole rings is 1. The van der Waals surface area contributed by atoms with Gasteiger partial charge in [-0.05, 0) is 11.5 Å². The van der Waals surface area contributed by atoms with E-state index in [1.807, 2.05) is 44.2 Å². The molecule has 2 amide bonds. The van der Waals surface area contributed by atoms with Gasteiger partial charge in [-0.25, -0.2) is 9.78 Å². The maximum Gasteiger partial charge on any atom is 0.411 e. The van der Waals surface area contributed by atoms with Crippen LogP contribution in [0.3, 0.4) is 0 Å². The van der Waals surface area contributed by atoms with Crippen molar-refractivity contribution < 1.29 is 14.3 Å². The van der Waals surface area contributed by atoms with Gasteiger partial charge >= 0.3 is 6.09 Å². The molecule has 1 aromatic heterocycles. The van der Waals surface area contributed by atoms with E-state index in [9.17, 15) is 9.59 Å². The third-order valence-corrected chi connectivity index (χ3v) is 4.67. The topological polar surface area (TPSA) is 87.3 Å². The van der Waals surface area contributed by atoms with Crippen LogP contribution in [0.15, 0.2) is 36.7 Å². The summed E-state index contributed by atoms with van der Waals surface area (Å²) < 4.78 is 5.54. The van der Waals surface area contributed by atoms with Crippen LogP contribution < -0.4 is 5.32 Å². The van der Waals surface area contributed by atoms with Gasteiger partial charge in [0.05, 0.1) is 23.8 Å². The Kier molecular flexibility index (Phi) is 5.25. The third kappa shape index (κ3) is 3.42. The van der Waals surface area contributed by atoms with Gasteiger partial charge < -0.3 is 15.0 Å². The normalized spacial score (nSPS) is 19.2. The van der Waals surface area contributed by atoms with Crippen molar-refractivity contribution in [3.8, 4) is 0 Å². The summed E-state index contributed by atoms with van der Waals surface area (Å²) in [4.78, 5) is 34.4. The number of rotatable bonds is 4. The summed E-state index contributed by atoms with van der Waals surface area (Å²) >= 11 is 0. The highest BCUT2D eigenvalue weighted by atomic mass is 16.6. The lowest BCUT2D eigenvalue weighted by molar-refractivity contribution is -0.127. The van der Waals surface area contributed by atoms with E-state index in [1.165, 1.54) is 0 Å². The first-order valence-corrected chi connectivity index (χ1v) is 8.75. The van der Waals surface area contributed by atoms with Gasteiger partial charge in [0.15, 0.2) is 0 Å². The van der Waals surface area contributed by atoms with Crippen LogP contribution in [-0.4, -0.2) is 40.0 Å². The zero-order chi connectivity index (χ0) is 18.7. The van der Waals surface area contributed by atoms with E-state index in [0.717, 1.165) is 17.0 Å². The number of fused-ring (bicyclic) bond motifs is 1. The molecule has 0 saturated heterocycles. The Morgan fingerprint density at radius 1 is 1.35 bits per heavy atom. The number of aromatic amines is 1. The molecule has 3 rings (SSSR count). The van der Waals surface area contributed by atoms with E-state index in [-0.39, 0.29) is 24.5 Å². The number of hydrogen-bond donors (Lipinski definition) is 2. The molecule has 26 heavy (non-hydrogen) atoms. The van der Waals surface area contributed by atoms with Gasteiger partial charge in [-0.2, -0.15) is 0 Å². The van der Waals surface area contributed by atoms with Crippen molar-refractivity contribution in [2.24, 2.45) is 5.92 Å². The lowest BCUT2D eigenvalue weighted by Crippen LogP contribution is -2.55. The molecule has 0 saturated carbocycles. The van der Waals surface area contributed by atoms with E-state index in [4.69, 9.17) is 4.74 Å². The lowest BCUT2D eigenvalue weighted by Gasteiger charge is -2.41. The lowest BCUT2D eigenvalue weighted by atomic mass is 9.89. The summed E-state index contributed by atoms with van der Waals surface area (Å²) in [6.45, 7) is 4.19. The van der Waals surface area contributed by atoms with Gasteiger partial charge in [-0.15, -0.1) is 0 Å². The van der Waals surface area contributed by atoms with Crippen molar-refractivity contribution in [1.82, 2.24) is 20.2 Å². The van der Waals surface area contributed by atoms with E-state index in [1.54, 1.807) is 18.3 Å². The van der Waals surface area contributed by atoms with Gasteiger partial charge in [-0.3, -0.25) is 9.69 Å². The van der Waals surface area contributed by atoms with Crippen molar-refractivity contribution >= 4 is 12.0 Å². The van der Waals surface area contributed by atoms with Crippen LogP contribution >= 0.6 is 0 Å². The molecule has 1 aliphatic heterocycles. The molecule has 0 spiro atoms. The number of amides is 2. The number of likely N-dealkylation sites (N-methyl/N-ethyl adjacent to an activating group) is 1. The highest BCUT2D eigenvalue weighted by Gasteiger charge is 2.44. The van der Waals surface area contributed by atoms with Gasteiger partial charge in [-0.1, -0.05) is 44.2 Å². The minimum absolute atomic E-state index is 0.0888. The monoisotopic (exact) mass is 356 g/mol. The minimum atomic E-state index is -0.647. The average Bonchev–Trinajstić information content (AvgIpc) is 3.12. The van der Waals surface area contributed by atoms with Crippen LogP contribution in [0.2, 0.25) is 0 Å². The second-order valence-corrected chi connectivity index (χ2v) is 6.73. The number of H-pyrrole nitrogens is 1. The first-order chi connectivity index (χ1) is 12.5. The number of ether oxygens (including phenoxy) is 1. The molecule has 0 aliphatic carbocycles. The average molecular weight is 356 g/mol. The van der Waals surface area contributed by atoms with E-state index in [0.29, 0.717) is 6.42 Å². The van der Waals surface area contributed by atoms with Gasteiger partial charge in [0.25, 0.3) is 0 Å². The molecule has 7 nitrogen and oxygen atoms in total. The number of nitrogens with zero attached hydrogens (tertiary/aromatic N) is 2. The molecule has 0 fully saturated rings. The van der Waals surface area contributed by atoms with E-state index >= 15 is 0 Å². The van der Waals surface area contributed by atoms with Crippen molar-refractivity contribution in [1.29, 1.82) is 0 Å². The second kappa shape index (κ2) is 7.59. The third-order valence-electron chi connectivity index (χ3n) is 4.67. The summed E-state index contributed by atoms with van der Waals surface area (Å²) in [6.07, 6.45) is 1.48. The first-order valence-electron chi connectivity index (χ1n) is 8.75. The standard InChI is InChI=1S/C19H24N4O3/c1-12(2)17-16-14(21-11-22-16)9-15(18(24)20-3)23(17)19(25)26-10-13-7-5-4-6-8-13/h4-8,11-12,15,17H,9-10H2,1-3H3,(H,20,24)(H,21,22). The Morgan fingerprint density at radius 3 is 2.73 bits per heavy atom. The molecule has 2 unspecified atom stereocenters. The maximum absolute atomic E-state index is 12.9. The van der Waals surface area contributed by atoms with E-state index in [2.05, 4.69) is 15.3 Å². The zero-order valence-corrected chi connectivity index (χ0v) is 15.2. The molecular weight excluding hydrogens is 332 g/mol. The van der Waals surface area contributed by atoms with Crippen LogP contribution in [0.25, 0.3) is 0 Å². The molecule has 2 atom stereocenters. The van der Waals surface area contributed by atoms with Crippen molar-refractivity contribution in [2.45, 2.75) is 39.0 Å². The molecule has 0 bridgehead atoms. The molecule has 7 heteroatoms. The van der Waals surface area contributed by atoms with Crippen LogP contribution in [0, 0.1) is 5.92 Å². The summed E-state index contributed by atoms with van der Waals surface area (Å²) in [6, 6.07) is 8.54.